The number of guanidine groups is 1. The van der Waals surface area contributed by atoms with Crippen LogP contribution in [0.25, 0.3) is 0 Å². The summed E-state index contributed by atoms with van der Waals surface area (Å²) in [5, 5.41) is 6.10. The Hall–Kier alpha value is -0.130. The van der Waals surface area contributed by atoms with Crippen LogP contribution in [-0.2, 0) is 14.8 Å². The van der Waals surface area contributed by atoms with Gasteiger partial charge in [0.1, 0.15) is 0 Å². The fourth-order valence-electron chi connectivity index (χ4n) is 1.72. The van der Waals surface area contributed by atoms with E-state index in [4.69, 9.17) is 4.74 Å². The predicted octanol–water partition coefficient (Wildman–Crippen LogP) is -0.159. The summed E-state index contributed by atoms with van der Waals surface area (Å²) >= 11 is 0. The van der Waals surface area contributed by atoms with Crippen molar-refractivity contribution in [1.29, 1.82) is 0 Å². The maximum absolute atomic E-state index is 12.0. The van der Waals surface area contributed by atoms with E-state index in [2.05, 4.69) is 22.5 Å². The van der Waals surface area contributed by atoms with Gasteiger partial charge in [0.05, 0.1) is 19.0 Å². The zero-order valence-corrected chi connectivity index (χ0v) is 15.2. The molecule has 1 rings (SSSR count). The van der Waals surface area contributed by atoms with Gasteiger partial charge in [0, 0.05) is 33.2 Å². The first-order chi connectivity index (χ1) is 9.10. The summed E-state index contributed by atoms with van der Waals surface area (Å²) in [5.74, 6) is 0.707. The van der Waals surface area contributed by atoms with Crippen molar-refractivity contribution in [3.8, 4) is 0 Å². The number of ether oxygens (including phenoxy) is 1. The highest BCUT2D eigenvalue weighted by molar-refractivity contribution is 14.0. The summed E-state index contributed by atoms with van der Waals surface area (Å²) in [6.07, 6.45) is 0.993. The van der Waals surface area contributed by atoms with Gasteiger partial charge in [-0.25, -0.2) is 8.42 Å². The second-order valence-corrected chi connectivity index (χ2v) is 6.34. The molecular weight excluding hydrogens is 395 g/mol. The minimum Gasteiger partial charge on any atom is -0.379 e. The molecule has 0 aromatic rings. The molecule has 0 radical (unpaired) electrons. The van der Waals surface area contributed by atoms with Crippen LogP contribution in [0.1, 0.15) is 13.3 Å². The van der Waals surface area contributed by atoms with Gasteiger partial charge in [0.2, 0.25) is 10.0 Å². The van der Waals surface area contributed by atoms with Crippen LogP contribution >= 0.6 is 24.0 Å². The van der Waals surface area contributed by atoms with Gasteiger partial charge in [-0.2, -0.15) is 4.31 Å². The molecule has 1 saturated heterocycles. The summed E-state index contributed by atoms with van der Waals surface area (Å²) in [6, 6.07) is 0. The van der Waals surface area contributed by atoms with E-state index >= 15 is 0 Å². The average molecular weight is 420 g/mol. The molecular formula is C11H25IN4O3S. The maximum Gasteiger partial charge on any atom is 0.215 e. The fourth-order valence-corrected chi connectivity index (χ4v) is 3.04. The van der Waals surface area contributed by atoms with Crippen LogP contribution in [0.5, 0.6) is 0 Å². The number of rotatable bonds is 6. The quantitative estimate of drug-likeness (QED) is 0.355. The van der Waals surface area contributed by atoms with E-state index in [1.807, 2.05) is 0 Å². The van der Waals surface area contributed by atoms with Gasteiger partial charge >= 0.3 is 0 Å². The van der Waals surface area contributed by atoms with Crippen molar-refractivity contribution in [3.63, 3.8) is 0 Å². The van der Waals surface area contributed by atoms with Crippen LogP contribution in [0.3, 0.4) is 0 Å². The Morgan fingerprint density at radius 2 is 1.85 bits per heavy atom. The Labute approximate surface area is 138 Å². The van der Waals surface area contributed by atoms with Gasteiger partial charge in [-0.05, 0) is 6.42 Å². The van der Waals surface area contributed by atoms with E-state index in [1.54, 1.807) is 7.05 Å². The molecule has 0 unspecified atom stereocenters. The molecule has 2 N–H and O–H groups in total. The third-order valence-corrected chi connectivity index (χ3v) is 4.65. The molecule has 1 fully saturated rings. The largest absolute Gasteiger partial charge is 0.379 e. The van der Waals surface area contributed by atoms with Gasteiger partial charge in [0.15, 0.2) is 5.96 Å². The van der Waals surface area contributed by atoms with E-state index in [9.17, 15) is 8.42 Å². The summed E-state index contributed by atoms with van der Waals surface area (Å²) in [7, 11) is -1.53. The molecule has 7 nitrogen and oxygen atoms in total. The third kappa shape index (κ3) is 7.04. The average Bonchev–Trinajstić information content (AvgIpc) is 2.43. The van der Waals surface area contributed by atoms with Crippen molar-refractivity contribution in [3.05, 3.63) is 0 Å². The maximum atomic E-state index is 12.0. The van der Waals surface area contributed by atoms with Crippen molar-refractivity contribution in [2.75, 3.05) is 52.2 Å². The molecule has 9 heteroatoms. The molecule has 0 amide bonds. The highest BCUT2D eigenvalue weighted by atomic mass is 127. The number of nitrogens with zero attached hydrogens (tertiary/aromatic N) is 2. The number of aliphatic imine (C=N–C) groups is 1. The lowest BCUT2D eigenvalue weighted by Gasteiger charge is -2.26. The van der Waals surface area contributed by atoms with E-state index in [0.717, 1.165) is 13.0 Å². The van der Waals surface area contributed by atoms with E-state index < -0.39 is 10.0 Å². The fraction of sp³-hybridized carbons (Fsp3) is 0.909. The van der Waals surface area contributed by atoms with Crippen molar-refractivity contribution >= 4 is 40.0 Å². The number of halogens is 1. The third-order valence-electron chi connectivity index (χ3n) is 2.78. The zero-order valence-electron chi connectivity index (χ0n) is 12.1. The molecule has 1 aliphatic rings. The molecule has 0 bridgehead atoms. The van der Waals surface area contributed by atoms with Crippen molar-refractivity contribution in [2.45, 2.75) is 13.3 Å². The molecule has 0 aromatic heterocycles. The molecule has 1 aliphatic heterocycles. The SMILES string of the molecule is CCCNC(=NC)NCCS(=O)(=O)N1CCOCC1.I. The molecule has 20 heavy (non-hydrogen) atoms. The van der Waals surface area contributed by atoms with E-state index in [1.165, 1.54) is 4.31 Å². The number of sulfonamides is 1. The monoisotopic (exact) mass is 420 g/mol. The smallest absolute Gasteiger partial charge is 0.215 e. The van der Waals surface area contributed by atoms with Gasteiger partial charge in [-0.1, -0.05) is 6.92 Å². The summed E-state index contributed by atoms with van der Waals surface area (Å²) in [5.41, 5.74) is 0. The van der Waals surface area contributed by atoms with Crippen LogP contribution in [0, 0.1) is 0 Å². The molecule has 0 aromatic carbocycles. The minimum atomic E-state index is -3.20. The van der Waals surface area contributed by atoms with Crippen LogP contribution in [0.2, 0.25) is 0 Å². The Morgan fingerprint density at radius 1 is 1.25 bits per heavy atom. The Bertz CT molecular complexity index is 383. The van der Waals surface area contributed by atoms with Gasteiger partial charge < -0.3 is 15.4 Å². The van der Waals surface area contributed by atoms with E-state index in [0.29, 0.717) is 38.8 Å². The van der Waals surface area contributed by atoms with Gasteiger partial charge in [-0.15, -0.1) is 24.0 Å². The lowest BCUT2D eigenvalue weighted by molar-refractivity contribution is 0.0730. The highest BCUT2D eigenvalue weighted by Gasteiger charge is 2.23. The topological polar surface area (TPSA) is 83.0 Å². The molecule has 0 spiro atoms. The highest BCUT2D eigenvalue weighted by Crippen LogP contribution is 2.04. The first kappa shape index (κ1) is 19.9. The summed E-state index contributed by atoms with van der Waals surface area (Å²) in [4.78, 5) is 4.02. The summed E-state index contributed by atoms with van der Waals surface area (Å²) < 4.78 is 30.7. The van der Waals surface area contributed by atoms with Crippen LogP contribution in [0.15, 0.2) is 4.99 Å². The summed E-state index contributed by atoms with van der Waals surface area (Å²) in [6.45, 7) is 5.08. The molecule has 0 saturated carbocycles. The molecule has 120 valence electrons. The Balaban J connectivity index is 0.00000361. The lowest BCUT2D eigenvalue weighted by Crippen LogP contribution is -2.45. The van der Waals surface area contributed by atoms with Gasteiger partial charge in [0.25, 0.3) is 0 Å². The normalized spacial score (nSPS) is 17.4. The van der Waals surface area contributed by atoms with Crippen LogP contribution in [-0.4, -0.2) is 70.9 Å². The first-order valence-corrected chi connectivity index (χ1v) is 8.21. The second kappa shape index (κ2) is 10.6. The molecule has 0 aliphatic carbocycles. The minimum absolute atomic E-state index is 0. The lowest BCUT2D eigenvalue weighted by atomic mass is 10.5. The van der Waals surface area contributed by atoms with Crippen molar-refractivity contribution in [2.24, 2.45) is 4.99 Å². The van der Waals surface area contributed by atoms with Gasteiger partial charge in [-0.3, -0.25) is 4.99 Å². The number of hydrogen-bond donors (Lipinski definition) is 2. The zero-order chi connectivity index (χ0) is 14.1. The predicted molar refractivity (Wildman–Crippen MR) is 91.2 cm³/mol. The van der Waals surface area contributed by atoms with Crippen LogP contribution in [0.4, 0.5) is 0 Å². The number of hydrogen-bond acceptors (Lipinski definition) is 4. The molecule has 1 heterocycles. The molecule has 0 atom stereocenters. The van der Waals surface area contributed by atoms with Crippen molar-refractivity contribution < 1.29 is 13.2 Å². The Morgan fingerprint density at radius 3 is 2.40 bits per heavy atom. The van der Waals surface area contributed by atoms with E-state index in [-0.39, 0.29) is 29.7 Å². The first-order valence-electron chi connectivity index (χ1n) is 6.60. The van der Waals surface area contributed by atoms with Crippen LogP contribution < -0.4 is 10.6 Å². The Kier molecular flexibility index (Phi) is 10.5. The van der Waals surface area contributed by atoms with Crippen molar-refractivity contribution in [1.82, 2.24) is 14.9 Å². The number of morpholine rings is 1. The number of nitrogens with one attached hydrogen (secondary N) is 2. The second-order valence-electron chi connectivity index (χ2n) is 4.25. The standard InChI is InChI=1S/C11H24N4O3S.HI/c1-3-4-13-11(12-2)14-5-10-19(16,17)15-6-8-18-9-7-15;/h3-10H2,1-2H3,(H2,12,13,14);1H.